The molecule has 0 aliphatic heterocycles. The van der Waals surface area contributed by atoms with E-state index in [-0.39, 0.29) is 6.54 Å². The number of nitrogens with zero attached hydrogens (tertiary/aromatic N) is 1. The first-order chi connectivity index (χ1) is 7.88. The summed E-state index contributed by atoms with van der Waals surface area (Å²) in [5.41, 5.74) is -1.75. The maximum absolute atomic E-state index is 12.7. The third-order valence-electron chi connectivity index (χ3n) is 2.46. The summed E-state index contributed by atoms with van der Waals surface area (Å²) in [6.07, 6.45) is -1.13. The zero-order chi connectivity index (χ0) is 13.1. The number of halogens is 3. The van der Waals surface area contributed by atoms with Crippen LogP contribution in [0.3, 0.4) is 0 Å². The maximum atomic E-state index is 12.7. The lowest BCUT2D eigenvalue weighted by atomic mass is 10.2. The highest BCUT2D eigenvalue weighted by atomic mass is 19.4. The zero-order valence-electron chi connectivity index (χ0n) is 9.42. The number of aromatic carboxylic acids is 1. The molecule has 17 heavy (non-hydrogen) atoms. The first kappa shape index (κ1) is 13.6. The molecule has 1 aromatic rings. The summed E-state index contributed by atoms with van der Waals surface area (Å²) in [5, 5.41) is 8.70. The van der Waals surface area contributed by atoms with E-state index in [2.05, 4.69) is 0 Å². The maximum Gasteiger partial charge on any atom is 0.432 e. The van der Waals surface area contributed by atoms with Crippen LogP contribution in [0.5, 0.6) is 0 Å². The van der Waals surface area contributed by atoms with Gasteiger partial charge in [0.2, 0.25) is 0 Å². The number of carboxylic acid groups (broad SMARTS) is 1. The van der Waals surface area contributed by atoms with Gasteiger partial charge in [-0.05, 0) is 12.5 Å². The molecule has 0 radical (unpaired) electrons. The molecule has 0 unspecified atom stereocenters. The molecule has 96 valence electrons. The molecule has 0 aliphatic rings. The Morgan fingerprint density at radius 1 is 1.41 bits per heavy atom. The van der Waals surface area contributed by atoms with Crippen molar-refractivity contribution in [1.29, 1.82) is 0 Å². The summed E-state index contributed by atoms with van der Waals surface area (Å²) in [5.74, 6) is -1.55. The van der Waals surface area contributed by atoms with Crippen LogP contribution in [0.4, 0.5) is 13.2 Å². The number of alkyl halides is 3. The SMILES string of the molecule is CCCCCn1ccc(C(=O)O)c1C(F)(F)F. The molecule has 0 fully saturated rings. The van der Waals surface area contributed by atoms with Crippen LogP contribution >= 0.6 is 0 Å². The van der Waals surface area contributed by atoms with E-state index in [1.54, 1.807) is 0 Å². The van der Waals surface area contributed by atoms with Crippen LogP contribution in [0.15, 0.2) is 12.3 Å². The van der Waals surface area contributed by atoms with E-state index in [0.29, 0.717) is 6.42 Å². The van der Waals surface area contributed by atoms with Crippen molar-refractivity contribution in [2.24, 2.45) is 0 Å². The molecular formula is C11H14F3NO2. The Morgan fingerprint density at radius 2 is 2.06 bits per heavy atom. The Bertz CT molecular complexity index is 396. The van der Waals surface area contributed by atoms with Gasteiger partial charge in [-0.3, -0.25) is 0 Å². The van der Waals surface area contributed by atoms with Crippen LogP contribution in [-0.2, 0) is 12.7 Å². The van der Waals surface area contributed by atoms with E-state index < -0.39 is 23.4 Å². The Labute approximate surface area is 96.9 Å². The molecule has 1 N–H and O–H groups in total. The van der Waals surface area contributed by atoms with Crippen LogP contribution in [0.25, 0.3) is 0 Å². The molecule has 0 spiro atoms. The van der Waals surface area contributed by atoms with Gasteiger partial charge in [0, 0.05) is 12.7 Å². The lowest BCUT2D eigenvalue weighted by molar-refractivity contribution is -0.144. The minimum Gasteiger partial charge on any atom is -0.478 e. The van der Waals surface area contributed by atoms with Gasteiger partial charge in [-0.2, -0.15) is 13.2 Å². The third-order valence-corrected chi connectivity index (χ3v) is 2.46. The number of aryl methyl sites for hydroxylation is 1. The third kappa shape index (κ3) is 3.25. The monoisotopic (exact) mass is 249 g/mol. The lowest BCUT2D eigenvalue weighted by Gasteiger charge is -2.12. The number of carbonyl (C=O) groups is 1. The predicted molar refractivity (Wildman–Crippen MR) is 55.9 cm³/mol. The highest BCUT2D eigenvalue weighted by Gasteiger charge is 2.38. The second kappa shape index (κ2) is 5.25. The molecule has 0 bridgehead atoms. The minimum absolute atomic E-state index is 0.190. The largest absolute Gasteiger partial charge is 0.478 e. The fraction of sp³-hybridized carbons (Fsp3) is 0.545. The number of carboxylic acids is 1. The molecule has 0 aliphatic carbocycles. The molecule has 1 aromatic heterocycles. The second-order valence-corrected chi connectivity index (χ2v) is 3.78. The zero-order valence-corrected chi connectivity index (χ0v) is 9.42. The first-order valence-corrected chi connectivity index (χ1v) is 5.37. The lowest BCUT2D eigenvalue weighted by Crippen LogP contribution is -2.17. The van der Waals surface area contributed by atoms with Gasteiger partial charge in [-0.1, -0.05) is 19.8 Å². The van der Waals surface area contributed by atoms with Crippen LogP contribution in [0.2, 0.25) is 0 Å². The van der Waals surface area contributed by atoms with Crippen molar-refractivity contribution in [2.75, 3.05) is 0 Å². The quantitative estimate of drug-likeness (QED) is 0.812. The van der Waals surface area contributed by atoms with Gasteiger partial charge < -0.3 is 9.67 Å². The van der Waals surface area contributed by atoms with Crippen molar-refractivity contribution in [3.8, 4) is 0 Å². The normalized spacial score (nSPS) is 11.8. The Morgan fingerprint density at radius 3 is 2.53 bits per heavy atom. The molecule has 1 rings (SSSR count). The van der Waals surface area contributed by atoms with Crippen LogP contribution in [0.1, 0.15) is 42.2 Å². The van der Waals surface area contributed by atoms with Gasteiger partial charge in [0.1, 0.15) is 5.69 Å². The van der Waals surface area contributed by atoms with Crippen LogP contribution < -0.4 is 0 Å². The topological polar surface area (TPSA) is 42.2 Å². The van der Waals surface area contributed by atoms with E-state index in [1.807, 2.05) is 6.92 Å². The smallest absolute Gasteiger partial charge is 0.432 e. The van der Waals surface area contributed by atoms with Gasteiger partial charge in [-0.25, -0.2) is 4.79 Å². The van der Waals surface area contributed by atoms with E-state index >= 15 is 0 Å². The summed E-state index contributed by atoms with van der Waals surface area (Å²) in [4.78, 5) is 10.7. The van der Waals surface area contributed by atoms with Crippen molar-refractivity contribution in [1.82, 2.24) is 4.57 Å². The molecule has 0 saturated carbocycles. The average Bonchev–Trinajstić information content (AvgIpc) is 2.61. The van der Waals surface area contributed by atoms with Crippen molar-refractivity contribution in [3.63, 3.8) is 0 Å². The number of hydrogen-bond donors (Lipinski definition) is 1. The standard InChI is InChI=1S/C11H14F3NO2/c1-2-3-4-6-15-7-5-8(10(16)17)9(15)11(12,13)14/h5,7H,2-4,6H2,1H3,(H,16,17). The fourth-order valence-corrected chi connectivity index (χ4v) is 1.68. The van der Waals surface area contributed by atoms with E-state index in [4.69, 9.17) is 5.11 Å². The summed E-state index contributed by atoms with van der Waals surface area (Å²) in [7, 11) is 0. The highest BCUT2D eigenvalue weighted by Crippen LogP contribution is 2.33. The summed E-state index contributed by atoms with van der Waals surface area (Å²) < 4.78 is 39.2. The average molecular weight is 249 g/mol. The van der Waals surface area contributed by atoms with Gasteiger partial charge in [0.15, 0.2) is 0 Å². The Kier molecular flexibility index (Phi) is 4.20. The summed E-state index contributed by atoms with van der Waals surface area (Å²) >= 11 is 0. The van der Waals surface area contributed by atoms with Crippen LogP contribution in [0, 0.1) is 0 Å². The Hall–Kier alpha value is -1.46. The molecule has 0 amide bonds. The van der Waals surface area contributed by atoms with Gasteiger partial charge in [0.25, 0.3) is 0 Å². The predicted octanol–water partition coefficient (Wildman–Crippen LogP) is 3.40. The molecule has 0 aromatic carbocycles. The second-order valence-electron chi connectivity index (χ2n) is 3.78. The Balaban J connectivity index is 3.01. The number of rotatable bonds is 5. The molecule has 6 heteroatoms. The number of hydrogen-bond acceptors (Lipinski definition) is 1. The van der Waals surface area contributed by atoms with E-state index in [9.17, 15) is 18.0 Å². The van der Waals surface area contributed by atoms with Crippen LogP contribution in [-0.4, -0.2) is 15.6 Å². The first-order valence-electron chi connectivity index (χ1n) is 5.37. The molecule has 0 atom stereocenters. The van der Waals surface area contributed by atoms with Gasteiger partial charge in [-0.15, -0.1) is 0 Å². The molecule has 3 nitrogen and oxygen atoms in total. The van der Waals surface area contributed by atoms with Crippen molar-refractivity contribution in [2.45, 2.75) is 38.9 Å². The summed E-state index contributed by atoms with van der Waals surface area (Å²) in [6.45, 7) is 2.14. The molecular weight excluding hydrogens is 235 g/mol. The van der Waals surface area contributed by atoms with Crippen molar-refractivity contribution >= 4 is 5.97 Å². The molecule has 0 saturated heterocycles. The van der Waals surface area contributed by atoms with E-state index in [1.165, 1.54) is 6.20 Å². The van der Waals surface area contributed by atoms with Gasteiger partial charge >= 0.3 is 12.1 Å². The van der Waals surface area contributed by atoms with Gasteiger partial charge in [0.05, 0.1) is 5.56 Å². The van der Waals surface area contributed by atoms with E-state index in [0.717, 1.165) is 23.5 Å². The number of aromatic nitrogens is 1. The fourth-order valence-electron chi connectivity index (χ4n) is 1.68. The minimum atomic E-state index is -4.64. The van der Waals surface area contributed by atoms with Crippen molar-refractivity contribution < 1.29 is 23.1 Å². The summed E-state index contributed by atoms with van der Waals surface area (Å²) in [6, 6.07) is 0.997. The highest BCUT2D eigenvalue weighted by molar-refractivity contribution is 5.89. The number of unbranched alkanes of at least 4 members (excludes halogenated alkanes) is 2. The molecule has 1 heterocycles. The van der Waals surface area contributed by atoms with Crippen molar-refractivity contribution in [3.05, 3.63) is 23.5 Å².